The van der Waals surface area contributed by atoms with Gasteiger partial charge in [0.1, 0.15) is 0 Å². The van der Waals surface area contributed by atoms with Crippen LogP contribution >= 0.6 is 11.3 Å². The summed E-state index contributed by atoms with van der Waals surface area (Å²) in [5, 5.41) is 1.28. The third-order valence-corrected chi connectivity index (χ3v) is 4.66. The molecule has 18 heavy (non-hydrogen) atoms. The van der Waals surface area contributed by atoms with E-state index in [1.54, 1.807) is 0 Å². The molecule has 1 fully saturated rings. The summed E-state index contributed by atoms with van der Waals surface area (Å²) in [7, 11) is 0. The quantitative estimate of drug-likeness (QED) is 0.891. The molecule has 1 aliphatic rings. The largest absolute Gasteiger partial charge is 0.328 e. The molecule has 2 atom stereocenters. The van der Waals surface area contributed by atoms with Crippen molar-refractivity contribution < 1.29 is 0 Å². The van der Waals surface area contributed by atoms with Gasteiger partial charge in [-0.1, -0.05) is 0 Å². The zero-order valence-electron chi connectivity index (χ0n) is 11.7. The number of likely N-dealkylation sites (tertiary alicyclic amines) is 1. The third kappa shape index (κ3) is 3.53. The van der Waals surface area contributed by atoms with E-state index in [9.17, 15) is 0 Å². The smallest absolute Gasteiger partial charge is 0.0943 e. The van der Waals surface area contributed by atoms with Crippen LogP contribution in [0.2, 0.25) is 0 Å². The molecule has 0 bridgehead atoms. The fourth-order valence-electron chi connectivity index (χ4n) is 2.81. The molecule has 0 spiro atoms. The first kappa shape index (κ1) is 14.0. The summed E-state index contributed by atoms with van der Waals surface area (Å²) in [6.07, 6.45) is 6.73. The van der Waals surface area contributed by atoms with Gasteiger partial charge in [-0.15, -0.1) is 11.3 Å². The minimum atomic E-state index is 0.233. The summed E-state index contributed by atoms with van der Waals surface area (Å²) in [5.74, 6) is 0. The lowest BCUT2D eigenvalue weighted by Gasteiger charge is -2.27. The molecule has 0 amide bonds. The molecular weight excluding hydrogens is 242 g/mol. The highest BCUT2D eigenvalue weighted by molar-refractivity contribution is 7.11. The second-order valence-electron chi connectivity index (χ2n) is 5.73. The Hall–Kier alpha value is -0.450. The first-order chi connectivity index (χ1) is 8.56. The molecule has 0 aliphatic carbocycles. The maximum absolute atomic E-state index is 5.83. The Balaban J connectivity index is 1.94. The van der Waals surface area contributed by atoms with Gasteiger partial charge in [-0.25, -0.2) is 4.98 Å². The van der Waals surface area contributed by atoms with Crippen molar-refractivity contribution in [2.45, 2.75) is 64.6 Å². The number of nitrogens with zero attached hydrogens (tertiary/aromatic N) is 2. The average Bonchev–Trinajstić information content (AvgIpc) is 2.87. The fourth-order valence-corrected chi connectivity index (χ4v) is 3.95. The SMILES string of the molecule is CC(N)Cc1cnc(CC2CCCN2C(C)C)s1. The predicted octanol–water partition coefficient (Wildman–Crippen LogP) is 2.45. The van der Waals surface area contributed by atoms with Gasteiger partial charge in [0.05, 0.1) is 5.01 Å². The van der Waals surface area contributed by atoms with E-state index in [4.69, 9.17) is 5.73 Å². The first-order valence-corrected chi connectivity index (χ1v) is 7.83. The molecule has 3 nitrogen and oxygen atoms in total. The van der Waals surface area contributed by atoms with E-state index >= 15 is 0 Å². The van der Waals surface area contributed by atoms with Crippen LogP contribution in [0.3, 0.4) is 0 Å². The molecule has 2 heterocycles. The van der Waals surface area contributed by atoms with E-state index in [0.717, 1.165) is 12.8 Å². The van der Waals surface area contributed by atoms with Gasteiger partial charge in [0.2, 0.25) is 0 Å². The number of rotatable bonds is 5. The van der Waals surface area contributed by atoms with Gasteiger partial charge in [-0.2, -0.15) is 0 Å². The minimum absolute atomic E-state index is 0.233. The Kier molecular flexibility index (Phi) is 4.76. The molecule has 2 unspecified atom stereocenters. The van der Waals surface area contributed by atoms with Gasteiger partial charge in [0.25, 0.3) is 0 Å². The van der Waals surface area contributed by atoms with Gasteiger partial charge in [-0.05, 0) is 46.6 Å². The van der Waals surface area contributed by atoms with Crippen LogP contribution in [0.25, 0.3) is 0 Å². The van der Waals surface area contributed by atoms with E-state index in [1.165, 1.54) is 29.3 Å². The molecule has 2 rings (SSSR count). The van der Waals surface area contributed by atoms with Gasteiger partial charge < -0.3 is 5.73 Å². The standard InChI is InChI=1S/C14H25N3S/c1-10(2)17-6-4-5-12(17)8-14-16-9-13(18-14)7-11(3)15/h9-12H,4-8,15H2,1-3H3. The van der Waals surface area contributed by atoms with Crippen molar-refractivity contribution in [3.63, 3.8) is 0 Å². The van der Waals surface area contributed by atoms with E-state index < -0.39 is 0 Å². The third-order valence-electron chi connectivity index (χ3n) is 3.62. The second kappa shape index (κ2) is 6.13. The summed E-state index contributed by atoms with van der Waals surface area (Å²) in [4.78, 5) is 8.51. The minimum Gasteiger partial charge on any atom is -0.328 e. The molecule has 0 saturated carbocycles. The number of aromatic nitrogens is 1. The molecule has 102 valence electrons. The Labute approximate surface area is 114 Å². The van der Waals surface area contributed by atoms with E-state index in [0.29, 0.717) is 12.1 Å². The number of nitrogens with two attached hydrogens (primary N) is 1. The normalized spacial score (nSPS) is 22.8. The van der Waals surface area contributed by atoms with Gasteiger partial charge >= 0.3 is 0 Å². The summed E-state index contributed by atoms with van der Waals surface area (Å²) in [6.45, 7) is 7.89. The highest BCUT2D eigenvalue weighted by Crippen LogP contribution is 2.25. The van der Waals surface area contributed by atoms with Crippen molar-refractivity contribution in [2.75, 3.05) is 6.54 Å². The predicted molar refractivity (Wildman–Crippen MR) is 78.0 cm³/mol. The topological polar surface area (TPSA) is 42.1 Å². The molecule has 1 aromatic heterocycles. The lowest BCUT2D eigenvalue weighted by atomic mass is 10.1. The highest BCUT2D eigenvalue weighted by Gasteiger charge is 2.27. The van der Waals surface area contributed by atoms with Crippen LogP contribution in [0, 0.1) is 0 Å². The van der Waals surface area contributed by atoms with Crippen molar-refractivity contribution in [3.8, 4) is 0 Å². The number of hydrogen-bond acceptors (Lipinski definition) is 4. The molecule has 0 radical (unpaired) electrons. The molecule has 1 saturated heterocycles. The summed E-state index contributed by atoms with van der Waals surface area (Å²) in [5.41, 5.74) is 5.83. The molecule has 1 aromatic rings. The zero-order chi connectivity index (χ0) is 13.1. The molecule has 4 heteroatoms. The number of thiazole rings is 1. The number of hydrogen-bond donors (Lipinski definition) is 1. The van der Waals surface area contributed by atoms with Crippen LogP contribution in [0.15, 0.2) is 6.20 Å². The highest BCUT2D eigenvalue weighted by atomic mass is 32.1. The Bertz CT molecular complexity index is 373. The van der Waals surface area contributed by atoms with Gasteiger partial charge in [0.15, 0.2) is 0 Å². The van der Waals surface area contributed by atoms with E-state index in [1.807, 2.05) is 17.5 Å². The van der Waals surface area contributed by atoms with Crippen LogP contribution in [-0.2, 0) is 12.8 Å². The van der Waals surface area contributed by atoms with Crippen molar-refractivity contribution in [1.29, 1.82) is 0 Å². The van der Waals surface area contributed by atoms with Crippen LogP contribution < -0.4 is 5.73 Å². The van der Waals surface area contributed by atoms with Crippen LogP contribution in [0.4, 0.5) is 0 Å². The second-order valence-corrected chi connectivity index (χ2v) is 6.93. The van der Waals surface area contributed by atoms with Crippen LogP contribution in [0.5, 0.6) is 0 Å². The van der Waals surface area contributed by atoms with Crippen LogP contribution in [-0.4, -0.2) is 34.6 Å². The van der Waals surface area contributed by atoms with Crippen molar-refractivity contribution in [3.05, 3.63) is 16.1 Å². The average molecular weight is 267 g/mol. The zero-order valence-corrected chi connectivity index (χ0v) is 12.5. The van der Waals surface area contributed by atoms with Crippen molar-refractivity contribution in [1.82, 2.24) is 9.88 Å². The Morgan fingerprint density at radius 1 is 1.50 bits per heavy atom. The molecule has 1 aliphatic heterocycles. The Morgan fingerprint density at radius 3 is 2.94 bits per heavy atom. The Morgan fingerprint density at radius 2 is 2.28 bits per heavy atom. The van der Waals surface area contributed by atoms with E-state index in [2.05, 4.69) is 30.7 Å². The van der Waals surface area contributed by atoms with Crippen molar-refractivity contribution >= 4 is 11.3 Å². The van der Waals surface area contributed by atoms with Gasteiger partial charge in [0, 0.05) is 35.6 Å². The fraction of sp³-hybridized carbons (Fsp3) is 0.786. The van der Waals surface area contributed by atoms with Crippen molar-refractivity contribution in [2.24, 2.45) is 5.73 Å². The van der Waals surface area contributed by atoms with Crippen LogP contribution in [0.1, 0.15) is 43.5 Å². The monoisotopic (exact) mass is 267 g/mol. The lowest BCUT2D eigenvalue weighted by Crippen LogP contribution is -2.36. The molecule has 0 aromatic carbocycles. The lowest BCUT2D eigenvalue weighted by molar-refractivity contribution is 0.202. The molecular formula is C14H25N3S. The maximum Gasteiger partial charge on any atom is 0.0943 e. The van der Waals surface area contributed by atoms with E-state index in [-0.39, 0.29) is 6.04 Å². The summed E-state index contributed by atoms with van der Waals surface area (Å²) >= 11 is 1.84. The summed E-state index contributed by atoms with van der Waals surface area (Å²) in [6, 6.07) is 1.58. The molecule has 2 N–H and O–H groups in total. The maximum atomic E-state index is 5.83. The van der Waals surface area contributed by atoms with Gasteiger partial charge in [-0.3, -0.25) is 4.90 Å². The summed E-state index contributed by atoms with van der Waals surface area (Å²) < 4.78 is 0. The first-order valence-electron chi connectivity index (χ1n) is 7.01.